The maximum atomic E-state index is 13.7. The first kappa shape index (κ1) is 31.3. The maximum Gasteiger partial charge on any atom is 0.407 e. The summed E-state index contributed by atoms with van der Waals surface area (Å²) in [6.45, 7) is 9.72. The van der Waals surface area contributed by atoms with Crippen LogP contribution in [0.5, 0.6) is 5.75 Å². The zero-order valence-corrected chi connectivity index (χ0v) is 25.8. The van der Waals surface area contributed by atoms with Crippen molar-refractivity contribution in [3.63, 3.8) is 0 Å². The summed E-state index contributed by atoms with van der Waals surface area (Å²) in [5.41, 5.74) is 2.67. The average Bonchev–Trinajstić information content (AvgIpc) is 3.44. The fourth-order valence-corrected chi connectivity index (χ4v) is 5.30. The Labute approximate surface area is 261 Å². The lowest BCUT2D eigenvalue weighted by Crippen LogP contribution is -2.51. The van der Waals surface area contributed by atoms with Gasteiger partial charge in [0.1, 0.15) is 29.1 Å². The summed E-state index contributed by atoms with van der Waals surface area (Å²) in [6.07, 6.45) is 4.42. The molecule has 1 saturated heterocycles. The van der Waals surface area contributed by atoms with E-state index in [-0.39, 0.29) is 12.5 Å². The van der Waals surface area contributed by atoms with E-state index in [1.54, 1.807) is 54.7 Å². The molecule has 11 nitrogen and oxygen atoms in total. The Kier molecular flexibility index (Phi) is 9.18. The summed E-state index contributed by atoms with van der Waals surface area (Å²) in [5, 5.41) is 16.6. The van der Waals surface area contributed by atoms with Crippen LogP contribution in [0.25, 0.3) is 16.6 Å². The molecule has 45 heavy (non-hydrogen) atoms. The van der Waals surface area contributed by atoms with Crippen molar-refractivity contribution in [1.82, 2.24) is 24.8 Å². The first-order valence-corrected chi connectivity index (χ1v) is 14.8. The molecule has 0 radical (unpaired) electrons. The summed E-state index contributed by atoms with van der Waals surface area (Å²) in [6, 6.07) is 13.7. The molecule has 0 bridgehead atoms. The molecule has 1 aromatic carbocycles. The number of piperazine rings is 1. The van der Waals surface area contributed by atoms with E-state index in [1.807, 2.05) is 25.1 Å². The molecule has 12 heteroatoms. The highest BCUT2D eigenvalue weighted by Crippen LogP contribution is 2.31. The molecule has 1 aliphatic heterocycles. The second kappa shape index (κ2) is 13.2. The first-order valence-electron chi connectivity index (χ1n) is 14.8. The Balaban J connectivity index is 1.28. The summed E-state index contributed by atoms with van der Waals surface area (Å²) in [4.78, 5) is 34.6. The zero-order chi connectivity index (χ0) is 32.1. The summed E-state index contributed by atoms with van der Waals surface area (Å²) in [5.74, 6) is 0.136. The molecule has 1 aliphatic rings. The lowest BCUT2D eigenvalue weighted by Gasteiger charge is -2.37. The van der Waals surface area contributed by atoms with Gasteiger partial charge in [-0.2, -0.15) is 10.4 Å². The number of carbonyl (C=O) groups is 2. The number of pyridine rings is 2. The molecular formula is C33H36FN7O4. The van der Waals surface area contributed by atoms with Gasteiger partial charge in [0.2, 0.25) is 5.91 Å². The number of anilines is 1. The molecule has 0 saturated carbocycles. The van der Waals surface area contributed by atoms with E-state index in [1.165, 1.54) is 18.3 Å². The number of carbonyl (C=O) groups excluding carboxylic acids is 2. The highest BCUT2D eigenvalue weighted by molar-refractivity contribution is 5.86. The smallest absolute Gasteiger partial charge is 0.407 e. The van der Waals surface area contributed by atoms with Crippen LogP contribution in [0.1, 0.15) is 44.7 Å². The number of aromatic nitrogens is 3. The molecule has 4 aromatic rings. The Morgan fingerprint density at radius 3 is 2.44 bits per heavy atom. The number of amides is 2. The van der Waals surface area contributed by atoms with Gasteiger partial charge in [0.25, 0.3) is 0 Å². The van der Waals surface area contributed by atoms with Crippen LogP contribution in [0.4, 0.5) is 15.0 Å². The highest BCUT2D eigenvalue weighted by atomic mass is 19.1. The van der Waals surface area contributed by atoms with Crippen LogP contribution < -0.4 is 15.0 Å². The van der Waals surface area contributed by atoms with Crippen LogP contribution in [-0.4, -0.2) is 76.4 Å². The van der Waals surface area contributed by atoms with Gasteiger partial charge in [0.15, 0.2) is 0 Å². The number of ether oxygens (including phenoxy) is 2. The zero-order valence-electron chi connectivity index (χ0n) is 25.8. The van der Waals surface area contributed by atoms with Crippen LogP contribution in [0.2, 0.25) is 0 Å². The van der Waals surface area contributed by atoms with Gasteiger partial charge in [-0.05, 0) is 63.6 Å². The molecule has 234 valence electrons. The van der Waals surface area contributed by atoms with Crippen LogP contribution in [0, 0.1) is 17.1 Å². The molecule has 1 N–H and O–H groups in total. The Morgan fingerprint density at radius 2 is 1.82 bits per heavy atom. The number of halogens is 1. The standard InChI is InChI=1S/C33H36FN7O4/c1-5-44-26-16-27(30-24(17-35)19-38-41(30)21-26)23-8-11-29(36-18-23)39-12-14-40(15-13-39)31(42)28(22-6-9-25(34)10-7-22)20-37-32(43)45-33(2,3)4/h6-11,16,18-19,21,28H,5,12-15,20H2,1-4H3,(H,37,43). The molecule has 0 aliphatic carbocycles. The predicted molar refractivity (Wildman–Crippen MR) is 166 cm³/mol. The van der Waals surface area contributed by atoms with Gasteiger partial charge in [-0.1, -0.05) is 12.1 Å². The fraction of sp³-hybridized carbons (Fsp3) is 0.364. The van der Waals surface area contributed by atoms with E-state index >= 15 is 0 Å². The van der Waals surface area contributed by atoms with E-state index < -0.39 is 23.4 Å². The minimum absolute atomic E-state index is 0.0189. The molecular weight excluding hydrogens is 577 g/mol. The van der Waals surface area contributed by atoms with Gasteiger partial charge in [0.05, 0.1) is 36.0 Å². The number of rotatable bonds is 8. The van der Waals surface area contributed by atoms with Crippen LogP contribution in [0.15, 0.2) is 61.1 Å². The Hall–Kier alpha value is -5.18. The van der Waals surface area contributed by atoms with Gasteiger partial charge in [-0.3, -0.25) is 4.79 Å². The first-order chi connectivity index (χ1) is 21.6. The van der Waals surface area contributed by atoms with Crippen LogP contribution in [-0.2, 0) is 9.53 Å². The Bertz CT molecular complexity index is 1700. The number of benzene rings is 1. The lowest BCUT2D eigenvalue weighted by molar-refractivity contribution is -0.133. The van der Waals surface area contributed by atoms with Gasteiger partial charge >= 0.3 is 6.09 Å². The molecule has 1 fully saturated rings. The van der Waals surface area contributed by atoms with Crippen molar-refractivity contribution in [3.8, 4) is 22.9 Å². The van der Waals surface area contributed by atoms with Gasteiger partial charge < -0.3 is 24.6 Å². The van der Waals surface area contributed by atoms with Crippen molar-refractivity contribution in [1.29, 1.82) is 5.26 Å². The molecule has 4 heterocycles. The number of hydrogen-bond acceptors (Lipinski definition) is 8. The number of nitrogens with zero attached hydrogens (tertiary/aromatic N) is 6. The topological polar surface area (TPSA) is 125 Å². The van der Waals surface area contributed by atoms with E-state index in [0.717, 1.165) is 16.9 Å². The third-order valence-electron chi connectivity index (χ3n) is 7.41. The fourth-order valence-electron chi connectivity index (χ4n) is 5.30. The molecule has 3 aromatic heterocycles. The maximum absolute atomic E-state index is 13.7. The third kappa shape index (κ3) is 7.32. The number of hydrogen-bond donors (Lipinski definition) is 1. The second-order valence-corrected chi connectivity index (χ2v) is 11.7. The number of fused-ring (bicyclic) bond motifs is 1. The minimum atomic E-state index is -0.701. The summed E-state index contributed by atoms with van der Waals surface area (Å²) in [7, 11) is 0. The SMILES string of the molecule is CCOc1cc(-c2ccc(N3CCN(C(=O)C(CNC(=O)OC(C)(C)C)c4ccc(F)cc4)CC3)nc2)c2c(C#N)cnn2c1. The van der Waals surface area contributed by atoms with Crippen molar-refractivity contribution in [2.75, 3.05) is 44.2 Å². The van der Waals surface area contributed by atoms with Crippen LogP contribution in [0.3, 0.4) is 0 Å². The molecule has 2 amide bonds. The summed E-state index contributed by atoms with van der Waals surface area (Å²) < 4.78 is 26.3. The van der Waals surface area contributed by atoms with Gasteiger partial charge in [-0.15, -0.1) is 0 Å². The van der Waals surface area contributed by atoms with E-state index in [4.69, 9.17) is 14.5 Å². The van der Waals surface area contributed by atoms with E-state index in [2.05, 4.69) is 21.4 Å². The van der Waals surface area contributed by atoms with Crippen molar-refractivity contribution in [2.45, 2.75) is 39.2 Å². The van der Waals surface area contributed by atoms with Crippen molar-refractivity contribution in [2.24, 2.45) is 0 Å². The normalized spacial score (nSPS) is 14.1. The average molecular weight is 614 g/mol. The van der Waals surface area contributed by atoms with Crippen molar-refractivity contribution >= 4 is 23.3 Å². The number of nitrogens with one attached hydrogen (secondary N) is 1. The molecule has 1 atom stereocenters. The van der Waals surface area contributed by atoms with Gasteiger partial charge in [0, 0.05) is 50.0 Å². The summed E-state index contributed by atoms with van der Waals surface area (Å²) >= 11 is 0. The Morgan fingerprint density at radius 1 is 1.09 bits per heavy atom. The minimum Gasteiger partial charge on any atom is -0.492 e. The van der Waals surface area contributed by atoms with Gasteiger partial charge in [-0.25, -0.2) is 18.7 Å². The van der Waals surface area contributed by atoms with Crippen molar-refractivity contribution in [3.05, 3.63) is 78.0 Å². The van der Waals surface area contributed by atoms with Crippen molar-refractivity contribution < 1.29 is 23.5 Å². The number of alkyl carbamates (subject to hydrolysis) is 1. The largest absolute Gasteiger partial charge is 0.492 e. The molecule has 5 rings (SSSR count). The molecule has 0 spiro atoms. The highest BCUT2D eigenvalue weighted by Gasteiger charge is 2.30. The van der Waals surface area contributed by atoms with E-state index in [9.17, 15) is 19.2 Å². The third-order valence-corrected chi connectivity index (χ3v) is 7.41. The number of nitriles is 1. The lowest BCUT2D eigenvalue weighted by atomic mass is 9.97. The van der Waals surface area contributed by atoms with Crippen LogP contribution >= 0.6 is 0 Å². The van der Waals surface area contributed by atoms with E-state index in [0.29, 0.717) is 55.2 Å². The predicted octanol–water partition coefficient (Wildman–Crippen LogP) is 4.76. The monoisotopic (exact) mass is 613 g/mol. The second-order valence-electron chi connectivity index (χ2n) is 11.7. The molecule has 1 unspecified atom stereocenters. The quantitative estimate of drug-likeness (QED) is 0.302.